The zero-order valence-electron chi connectivity index (χ0n) is 16.0. The maximum atomic E-state index is 11.3. The standard InChI is InChI=1S/C21H20O7/c1-12(22)27-16-6-5-14-7-15(11-26-18(14)8-16)17-9-20(25-4)21(28-13(2)23)10-19(17)24-3/h5-10H,11H2,1-4H3. The predicted octanol–water partition coefficient (Wildman–Crippen LogP) is 3.49. The van der Waals surface area contributed by atoms with Crippen LogP contribution in [0.4, 0.5) is 0 Å². The van der Waals surface area contributed by atoms with Crippen molar-refractivity contribution in [1.82, 2.24) is 0 Å². The molecule has 0 saturated carbocycles. The normalized spacial score (nSPS) is 12.2. The summed E-state index contributed by atoms with van der Waals surface area (Å²) in [5, 5.41) is 0. The molecule has 0 fully saturated rings. The van der Waals surface area contributed by atoms with Gasteiger partial charge in [0.25, 0.3) is 0 Å². The van der Waals surface area contributed by atoms with Gasteiger partial charge in [0.15, 0.2) is 11.5 Å². The number of benzene rings is 2. The topological polar surface area (TPSA) is 80.3 Å². The molecule has 0 radical (unpaired) electrons. The number of hydrogen-bond acceptors (Lipinski definition) is 7. The Kier molecular flexibility index (Phi) is 5.54. The summed E-state index contributed by atoms with van der Waals surface area (Å²) < 4.78 is 26.9. The zero-order valence-corrected chi connectivity index (χ0v) is 16.0. The van der Waals surface area contributed by atoms with E-state index in [9.17, 15) is 9.59 Å². The number of rotatable bonds is 5. The zero-order chi connectivity index (χ0) is 20.3. The minimum absolute atomic E-state index is 0.277. The van der Waals surface area contributed by atoms with Gasteiger partial charge >= 0.3 is 11.9 Å². The lowest BCUT2D eigenvalue weighted by atomic mass is 9.99. The first-order valence-corrected chi connectivity index (χ1v) is 8.52. The number of carbonyl (C=O) groups excluding carboxylic acids is 2. The number of esters is 2. The van der Waals surface area contributed by atoms with Gasteiger partial charge in [-0.15, -0.1) is 0 Å². The number of ether oxygens (including phenoxy) is 5. The van der Waals surface area contributed by atoms with Crippen molar-refractivity contribution >= 4 is 23.6 Å². The molecule has 7 nitrogen and oxygen atoms in total. The molecule has 1 aliphatic rings. The van der Waals surface area contributed by atoms with Crippen molar-refractivity contribution in [3.05, 3.63) is 41.5 Å². The second-order valence-electron chi connectivity index (χ2n) is 6.05. The molecule has 0 aliphatic carbocycles. The van der Waals surface area contributed by atoms with Gasteiger partial charge in [-0.1, -0.05) is 0 Å². The Hall–Kier alpha value is -3.48. The highest BCUT2D eigenvalue weighted by Crippen LogP contribution is 2.41. The predicted molar refractivity (Wildman–Crippen MR) is 102 cm³/mol. The Morgan fingerprint density at radius 2 is 1.61 bits per heavy atom. The second kappa shape index (κ2) is 8.04. The fourth-order valence-corrected chi connectivity index (χ4v) is 2.88. The van der Waals surface area contributed by atoms with Crippen molar-refractivity contribution in [1.29, 1.82) is 0 Å². The van der Waals surface area contributed by atoms with E-state index in [4.69, 9.17) is 23.7 Å². The van der Waals surface area contributed by atoms with Crippen molar-refractivity contribution in [3.8, 4) is 28.7 Å². The van der Waals surface area contributed by atoms with Crippen LogP contribution >= 0.6 is 0 Å². The molecular weight excluding hydrogens is 364 g/mol. The van der Waals surface area contributed by atoms with Crippen LogP contribution in [0.25, 0.3) is 11.6 Å². The highest BCUT2D eigenvalue weighted by molar-refractivity contribution is 5.89. The molecule has 3 rings (SSSR count). The first-order chi connectivity index (χ1) is 13.4. The Balaban J connectivity index is 2.00. The van der Waals surface area contributed by atoms with Crippen LogP contribution in [0, 0.1) is 0 Å². The minimum atomic E-state index is -0.453. The summed E-state index contributed by atoms with van der Waals surface area (Å²) in [6, 6.07) is 8.53. The van der Waals surface area contributed by atoms with E-state index < -0.39 is 11.9 Å². The molecule has 28 heavy (non-hydrogen) atoms. The van der Waals surface area contributed by atoms with E-state index >= 15 is 0 Å². The van der Waals surface area contributed by atoms with Crippen LogP contribution in [0.5, 0.6) is 28.7 Å². The van der Waals surface area contributed by atoms with Crippen molar-refractivity contribution in [2.24, 2.45) is 0 Å². The summed E-state index contributed by atoms with van der Waals surface area (Å²) in [5.74, 6) is 1.40. The van der Waals surface area contributed by atoms with Crippen LogP contribution in [0.1, 0.15) is 25.0 Å². The Labute approximate surface area is 162 Å². The fraction of sp³-hybridized carbons (Fsp3) is 0.238. The molecular formula is C21H20O7. The largest absolute Gasteiger partial charge is 0.496 e. The molecule has 1 aliphatic heterocycles. The summed E-state index contributed by atoms with van der Waals surface area (Å²) in [6.07, 6.45) is 1.96. The van der Waals surface area contributed by atoms with Gasteiger partial charge < -0.3 is 23.7 Å². The molecule has 0 bridgehead atoms. The van der Waals surface area contributed by atoms with E-state index in [-0.39, 0.29) is 12.4 Å². The van der Waals surface area contributed by atoms with Crippen molar-refractivity contribution in [2.45, 2.75) is 13.8 Å². The van der Waals surface area contributed by atoms with Gasteiger partial charge in [0.1, 0.15) is 23.9 Å². The summed E-state index contributed by atoms with van der Waals surface area (Å²) in [6.45, 7) is 2.94. The SMILES string of the molecule is COc1cc(C2=Cc3ccc(OC(C)=O)cc3OC2)c(OC)cc1OC(C)=O. The van der Waals surface area contributed by atoms with Gasteiger partial charge in [0.05, 0.1) is 14.2 Å². The first kappa shape index (κ1) is 19.3. The average molecular weight is 384 g/mol. The van der Waals surface area contributed by atoms with Crippen molar-refractivity contribution in [3.63, 3.8) is 0 Å². The van der Waals surface area contributed by atoms with Crippen LogP contribution < -0.4 is 23.7 Å². The molecule has 0 saturated heterocycles. The molecule has 2 aromatic rings. The number of methoxy groups -OCH3 is 2. The quantitative estimate of drug-likeness (QED) is 0.577. The summed E-state index contributed by atoms with van der Waals surface area (Å²) in [5.41, 5.74) is 2.45. The van der Waals surface area contributed by atoms with Crippen LogP contribution in [0.15, 0.2) is 30.3 Å². The molecule has 0 N–H and O–H groups in total. The van der Waals surface area contributed by atoms with Gasteiger partial charge in [-0.3, -0.25) is 9.59 Å². The highest BCUT2D eigenvalue weighted by atomic mass is 16.6. The van der Waals surface area contributed by atoms with E-state index in [1.54, 1.807) is 24.3 Å². The second-order valence-corrected chi connectivity index (χ2v) is 6.05. The van der Waals surface area contributed by atoms with E-state index in [0.29, 0.717) is 23.0 Å². The molecule has 146 valence electrons. The van der Waals surface area contributed by atoms with E-state index in [0.717, 1.165) is 16.7 Å². The Morgan fingerprint density at radius 3 is 2.25 bits per heavy atom. The molecule has 1 heterocycles. The molecule has 0 unspecified atom stereocenters. The number of hydrogen-bond donors (Lipinski definition) is 0. The first-order valence-electron chi connectivity index (χ1n) is 8.52. The Morgan fingerprint density at radius 1 is 0.893 bits per heavy atom. The van der Waals surface area contributed by atoms with Gasteiger partial charge in [0, 0.05) is 42.7 Å². The Bertz CT molecular complexity index is 959. The van der Waals surface area contributed by atoms with Gasteiger partial charge in [-0.05, 0) is 24.3 Å². The summed E-state index contributed by atoms with van der Waals surface area (Å²) >= 11 is 0. The maximum Gasteiger partial charge on any atom is 0.308 e. The van der Waals surface area contributed by atoms with E-state index in [2.05, 4.69) is 0 Å². The third-order valence-corrected chi connectivity index (χ3v) is 4.04. The van der Waals surface area contributed by atoms with Crippen molar-refractivity contribution in [2.75, 3.05) is 20.8 Å². The van der Waals surface area contributed by atoms with E-state index in [1.165, 1.54) is 28.1 Å². The third-order valence-electron chi connectivity index (χ3n) is 4.04. The fourth-order valence-electron chi connectivity index (χ4n) is 2.88. The summed E-state index contributed by atoms with van der Waals surface area (Å²) in [7, 11) is 3.03. The van der Waals surface area contributed by atoms with Gasteiger partial charge in [-0.2, -0.15) is 0 Å². The monoisotopic (exact) mass is 384 g/mol. The van der Waals surface area contributed by atoms with Crippen LogP contribution in [-0.4, -0.2) is 32.8 Å². The molecule has 0 atom stereocenters. The lowest BCUT2D eigenvalue weighted by molar-refractivity contribution is -0.132. The van der Waals surface area contributed by atoms with E-state index in [1.807, 2.05) is 12.1 Å². The van der Waals surface area contributed by atoms with Gasteiger partial charge in [0.2, 0.25) is 0 Å². The highest BCUT2D eigenvalue weighted by Gasteiger charge is 2.20. The third kappa shape index (κ3) is 4.09. The van der Waals surface area contributed by atoms with Gasteiger partial charge in [-0.25, -0.2) is 0 Å². The number of fused-ring (bicyclic) bond motifs is 1. The summed E-state index contributed by atoms with van der Waals surface area (Å²) in [4.78, 5) is 22.4. The van der Waals surface area contributed by atoms with Crippen LogP contribution in [0.3, 0.4) is 0 Å². The lowest BCUT2D eigenvalue weighted by Gasteiger charge is -2.21. The van der Waals surface area contributed by atoms with Crippen molar-refractivity contribution < 1.29 is 33.3 Å². The number of carbonyl (C=O) groups is 2. The molecule has 0 amide bonds. The minimum Gasteiger partial charge on any atom is -0.496 e. The van der Waals surface area contributed by atoms with Crippen LogP contribution in [-0.2, 0) is 9.59 Å². The molecule has 2 aromatic carbocycles. The maximum absolute atomic E-state index is 11.3. The lowest BCUT2D eigenvalue weighted by Crippen LogP contribution is -2.09. The average Bonchev–Trinajstić information content (AvgIpc) is 2.66. The molecule has 0 spiro atoms. The van der Waals surface area contributed by atoms with Crippen LogP contribution in [0.2, 0.25) is 0 Å². The molecule has 0 aromatic heterocycles. The molecule has 7 heteroatoms. The smallest absolute Gasteiger partial charge is 0.308 e.